The molecule has 3 aromatic rings. The number of hydrogen-bond donors (Lipinski definition) is 2. The summed E-state index contributed by atoms with van der Waals surface area (Å²) in [4.78, 5) is 4.55. The summed E-state index contributed by atoms with van der Waals surface area (Å²) in [5, 5.41) is 10.8. The number of nitrogens with zero attached hydrogens (tertiary/aromatic N) is 3. The maximum atomic E-state index is 13.0. The largest absolute Gasteiger partial charge is 0.490 e. The predicted molar refractivity (Wildman–Crippen MR) is 119 cm³/mol. The number of rotatable bonds is 10. The summed E-state index contributed by atoms with van der Waals surface area (Å²) in [5.74, 6) is 0.826. The van der Waals surface area contributed by atoms with Crippen LogP contribution in [0.25, 0.3) is 5.69 Å². The molecule has 0 radical (unpaired) electrons. The Kier molecular flexibility index (Phi) is 8.42. The van der Waals surface area contributed by atoms with E-state index in [-0.39, 0.29) is 18.0 Å². The number of benzene rings is 2. The van der Waals surface area contributed by atoms with Gasteiger partial charge < -0.3 is 20.1 Å². The third-order valence-corrected chi connectivity index (χ3v) is 4.51. The number of hydrogen-bond acceptors (Lipinski definition) is 4. The van der Waals surface area contributed by atoms with Crippen molar-refractivity contribution in [1.82, 2.24) is 20.4 Å². The number of aliphatic imine (C=N–C) groups is 1. The predicted octanol–water partition coefficient (Wildman–Crippen LogP) is 4.13. The van der Waals surface area contributed by atoms with Gasteiger partial charge >= 0.3 is 6.61 Å². The molecule has 0 aliphatic carbocycles. The normalized spacial score (nSPS) is 11.5. The first kappa shape index (κ1) is 23.1. The highest BCUT2D eigenvalue weighted by Crippen LogP contribution is 2.33. The van der Waals surface area contributed by atoms with Crippen LogP contribution in [0, 0.1) is 0 Å². The van der Waals surface area contributed by atoms with Gasteiger partial charge in [0.15, 0.2) is 17.5 Å². The van der Waals surface area contributed by atoms with Gasteiger partial charge in [0, 0.05) is 31.0 Å². The van der Waals surface area contributed by atoms with E-state index in [4.69, 9.17) is 9.47 Å². The van der Waals surface area contributed by atoms with Gasteiger partial charge in [-0.05, 0) is 37.6 Å². The van der Waals surface area contributed by atoms with Gasteiger partial charge in [0.1, 0.15) is 0 Å². The molecule has 0 spiro atoms. The Morgan fingerprint density at radius 1 is 1.06 bits per heavy atom. The van der Waals surface area contributed by atoms with Gasteiger partial charge in [-0.3, -0.25) is 0 Å². The van der Waals surface area contributed by atoms with Crippen molar-refractivity contribution < 1.29 is 18.3 Å². The SMILES string of the molecule is CCNC(=NCc1cccc(OCC)c1OC(F)F)NCc1ccccc1-n1cccn1. The van der Waals surface area contributed by atoms with E-state index in [1.54, 1.807) is 36.0 Å². The van der Waals surface area contributed by atoms with Crippen LogP contribution in [0.1, 0.15) is 25.0 Å². The molecule has 32 heavy (non-hydrogen) atoms. The van der Waals surface area contributed by atoms with Crippen molar-refractivity contribution in [3.63, 3.8) is 0 Å². The molecule has 0 amide bonds. The number of para-hydroxylation sites is 2. The van der Waals surface area contributed by atoms with Gasteiger partial charge in [-0.25, -0.2) is 9.67 Å². The van der Waals surface area contributed by atoms with E-state index in [0.717, 1.165) is 11.3 Å². The zero-order valence-electron chi connectivity index (χ0n) is 18.1. The van der Waals surface area contributed by atoms with E-state index in [0.29, 0.717) is 31.2 Å². The molecule has 1 heterocycles. The number of guanidine groups is 1. The van der Waals surface area contributed by atoms with Crippen LogP contribution >= 0.6 is 0 Å². The monoisotopic (exact) mass is 443 g/mol. The van der Waals surface area contributed by atoms with Gasteiger partial charge in [0.05, 0.1) is 18.8 Å². The van der Waals surface area contributed by atoms with E-state index >= 15 is 0 Å². The molecule has 3 rings (SSSR count). The van der Waals surface area contributed by atoms with E-state index in [2.05, 4.69) is 20.7 Å². The highest BCUT2D eigenvalue weighted by atomic mass is 19.3. The molecule has 9 heteroatoms. The van der Waals surface area contributed by atoms with Gasteiger partial charge in [-0.2, -0.15) is 13.9 Å². The second-order valence-electron chi connectivity index (χ2n) is 6.68. The van der Waals surface area contributed by atoms with Crippen molar-refractivity contribution in [2.24, 2.45) is 4.99 Å². The van der Waals surface area contributed by atoms with E-state index in [1.807, 2.05) is 43.5 Å². The molecule has 0 fully saturated rings. The highest BCUT2D eigenvalue weighted by Gasteiger charge is 2.16. The molecular formula is C23H27F2N5O2. The van der Waals surface area contributed by atoms with Crippen LogP contribution in [0.4, 0.5) is 8.78 Å². The Bertz CT molecular complexity index is 1010. The number of nitrogens with one attached hydrogen (secondary N) is 2. The fraction of sp³-hybridized carbons (Fsp3) is 0.304. The summed E-state index contributed by atoms with van der Waals surface area (Å²) >= 11 is 0. The first-order valence-corrected chi connectivity index (χ1v) is 10.4. The second kappa shape index (κ2) is 11.7. The first-order valence-electron chi connectivity index (χ1n) is 10.4. The molecule has 0 saturated carbocycles. The molecule has 0 atom stereocenters. The van der Waals surface area contributed by atoms with Gasteiger partial charge in [-0.1, -0.05) is 30.3 Å². The topological polar surface area (TPSA) is 72.7 Å². The zero-order chi connectivity index (χ0) is 22.8. The van der Waals surface area contributed by atoms with Crippen LogP contribution in [0.3, 0.4) is 0 Å². The van der Waals surface area contributed by atoms with E-state index in [1.165, 1.54) is 0 Å². The van der Waals surface area contributed by atoms with E-state index in [9.17, 15) is 8.78 Å². The lowest BCUT2D eigenvalue weighted by Gasteiger charge is -2.16. The summed E-state index contributed by atoms with van der Waals surface area (Å²) in [6, 6.07) is 14.8. The molecule has 7 nitrogen and oxygen atoms in total. The molecule has 1 aromatic heterocycles. The van der Waals surface area contributed by atoms with Crippen LogP contribution in [0.5, 0.6) is 11.5 Å². The molecule has 0 aliphatic heterocycles. The summed E-state index contributed by atoms with van der Waals surface area (Å²) in [6.45, 7) is 2.41. The van der Waals surface area contributed by atoms with Crippen LogP contribution in [-0.2, 0) is 13.1 Å². The number of aromatic nitrogens is 2. The number of halogens is 2. The van der Waals surface area contributed by atoms with Crippen molar-refractivity contribution in [3.8, 4) is 17.2 Å². The Morgan fingerprint density at radius 3 is 2.59 bits per heavy atom. The van der Waals surface area contributed by atoms with Gasteiger partial charge in [0.2, 0.25) is 0 Å². The lowest BCUT2D eigenvalue weighted by atomic mass is 10.2. The highest BCUT2D eigenvalue weighted by molar-refractivity contribution is 5.79. The number of ether oxygens (including phenoxy) is 2. The standard InChI is InChI=1S/C23H27F2N5O2/c1-3-26-23(27-15-17-9-5-6-11-19(17)30-14-8-13-29-30)28-16-18-10-7-12-20(31-4-2)21(18)32-22(24)25/h5-14,22H,3-4,15-16H2,1-2H3,(H2,26,27,28). The summed E-state index contributed by atoms with van der Waals surface area (Å²) < 4.78 is 37.9. The summed E-state index contributed by atoms with van der Waals surface area (Å²) in [7, 11) is 0. The van der Waals surface area contributed by atoms with Crippen LogP contribution in [0.2, 0.25) is 0 Å². The molecular weight excluding hydrogens is 416 g/mol. The minimum absolute atomic E-state index is 0.00739. The minimum atomic E-state index is -2.95. The van der Waals surface area contributed by atoms with Crippen molar-refractivity contribution in [2.45, 2.75) is 33.5 Å². The van der Waals surface area contributed by atoms with Gasteiger partial charge in [0.25, 0.3) is 0 Å². The average molecular weight is 443 g/mol. The van der Waals surface area contributed by atoms with Crippen LogP contribution < -0.4 is 20.1 Å². The van der Waals surface area contributed by atoms with Crippen LogP contribution in [-0.4, -0.2) is 35.5 Å². The van der Waals surface area contributed by atoms with Crippen molar-refractivity contribution in [2.75, 3.05) is 13.2 Å². The summed E-state index contributed by atoms with van der Waals surface area (Å²) in [6.07, 6.45) is 3.61. The maximum Gasteiger partial charge on any atom is 0.387 e. The molecule has 0 aliphatic rings. The van der Waals surface area contributed by atoms with E-state index < -0.39 is 6.61 Å². The van der Waals surface area contributed by atoms with Crippen LogP contribution in [0.15, 0.2) is 65.9 Å². The molecule has 0 saturated heterocycles. The third-order valence-electron chi connectivity index (χ3n) is 4.51. The molecule has 2 aromatic carbocycles. The molecule has 0 unspecified atom stereocenters. The Hall–Kier alpha value is -3.62. The van der Waals surface area contributed by atoms with Crippen molar-refractivity contribution in [3.05, 3.63) is 72.1 Å². The van der Waals surface area contributed by atoms with Crippen molar-refractivity contribution >= 4 is 5.96 Å². The molecule has 170 valence electrons. The Morgan fingerprint density at radius 2 is 1.88 bits per heavy atom. The second-order valence-corrected chi connectivity index (χ2v) is 6.68. The lowest BCUT2D eigenvalue weighted by Crippen LogP contribution is -2.37. The molecule has 2 N–H and O–H groups in total. The number of alkyl halides is 2. The third kappa shape index (κ3) is 6.19. The van der Waals surface area contributed by atoms with Crippen molar-refractivity contribution in [1.29, 1.82) is 0 Å². The minimum Gasteiger partial charge on any atom is -0.490 e. The first-order chi connectivity index (χ1) is 15.6. The summed E-state index contributed by atoms with van der Waals surface area (Å²) in [5.41, 5.74) is 2.49. The Balaban J connectivity index is 1.78. The molecule has 0 bridgehead atoms. The fourth-order valence-electron chi connectivity index (χ4n) is 3.16. The lowest BCUT2D eigenvalue weighted by molar-refractivity contribution is -0.0520. The maximum absolute atomic E-state index is 13.0. The average Bonchev–Trinajstić information content (AvgIpc) is 3.32. The fourth-order valence-corrected chi connectivity index (χ4v) is 3.16. The smallest absolute Gasteiger partial charge is 0.387 e. The zero-order valence-corrected chi connectivity index (χ0v) is 18.1. The quantitative estimate of drug-likeness (QED) is 0.364. The Labute approximate surface area is 186 Å². The van der Waals surface area contributed by atoms with Gasteiger partial charge in [-0.15, -0.1) is 0 Å².